The quantitative estimate of drug-likeness (QED) is 0.388. The first kappa shape index (κ1) is 20.7. The van der Waals surface area contributed by atoms with Crippen LogP contribution in [0, 0.1) is 14.3 Å². The van der Waals surface area contributed by atoms with Gasteiger partial charge in [-0.15, -0.1) is 0 Å². The number of phenolic OH excluding ortho intramolecular Hbond substituents is 1. The smallest absolute Gasteiger partial charge is 0.320 e. The molecule has 0 aliphatic rings. The van der Waals surface area contributed by atoms with E-state index < -0.39 is 12.0 Å². The predicted molar refractivity (Wildman–Crippen MR) is 125 cm³/mol. The molecule has 128 valence electrons. The molecule has 0 aliphatic heterocycles. The molecule has 0 bridgehead atoms. The summed E-state index contributed by atoms with van der Waals surface area (Å²) in [4.78, 5) is 10.9. The zero-order valence-electron chi connectivity index (χ0n) is 11.9. The van der Waals surface area contributed by atoms with Crippen molar-refractivity contribution >= 4 is 96.3 Å². The molecule has 0 radical (unpaired) electrons. The summed E-state index contributed by atoms with van der Waals surface area (Å²) >= 11 is 8.42. The Morgan fingerprint density at radius 3 is 2.25 bits per heavy atom. The van der Waals surface area contributed by atoms with Crippen LogP contribution < -0.4 is 10.5 Å². The van der Waals surface area contributed by atoms with Crippen molar-refractivity contribution in [2.24, 2.45) is 5.73 Å². The Hall–Kier alpha value is 0.390. The molecule has 0 saturated heterocycles. The lowest BCUT2D eigenvalue weighted by molar-refractivity contribution is -0.138. The number of aromatic hydroxyl groups is 1. The number of benzene rings is 2. The van der Waals surface area contributed by atoms with Gasteiger partial charge >= 0.3 is 5.97 Å². The minimum Gasteiger partial charge on any atom is -0.506 e. The highest BCUT2D eigenvalue weighted by Crippen LogP contribution is 2.36. The van der Waals surface area contributed by atoms with Crippen LogP contribution in [0.3, 0.4) is 0 Å². The molecule has 0 amide bonds. The van der Waals surface area contributed by atoms with Crippen LogP contribution in [0.2, 0.25) is 0 Å². The minimum absolute atomic E-state index is 0.242. The van der Waals surface area contributed by atoms with Crippen molar-refractivity contribution < 1.29 is 19.7 Å². The number of rotatable bonds is 5. The molecule has 2 aromatic carbocycles. The summed E-state index contributed by atoms with van der Waals surface area (Å²) in [5.74, 6) is 0.549. The highest BCUT2D eigenvalue weighted by Gasteiger charge is 2.16. The lowest BCUT2D eigenvalue weighted by Crippen LogP contribution is -2.32. The van der Waals surface area contributed by atoms with E-state index in [-0.39, 0.29) is 12.2 Å². The van der Waals surface area contributed by atoms with Gasteiger partial charge in [-0.25, -0.2) is 0 Å². The van der Waals surface area contributed by atoms with Crippen LogP contribution >= 0.6 is 90.4 Å². The fourth-order valence-electron chi connectivity index (χ4n) is 1.89. The van der Waals surface area contributed by atoms with Gasteiger partial charge in [-0.1, -0.05) is 0 Å². The zero-order chi connectivity index (χ0) is 18.0. The van der Waals surface area contributed by atoms with Crippen molar-refractivity contribution in [3.05, 3.63) is 44.1 Å². The molecule has 5 nitrogen and oxygen atoms in total. The van der Waals surface area contributed by atoms with Crippen LogP contribution in [0.4, 0.5) is 0 Å². The second kappa shape index (κ2) is 8.85. The maximum absolute atomic E-state index is 10.9. The van der Waals surface area contributed by atoms with Crippen LogP contribution in [-0.2, 0) is 11.2 Å². The van der Waals surface area contributed by atoms with Crippen LogP contribution in [0.15, 0.2) is 24.3 Å². The van der Waals surface area contributed by atoms with Gasteiger partial charge in [0.15, 0.2) is 5.75 Å². The van der Waals surface area contributed by atoms with Gasteiger partial charge in [-0.2, -0.15) is 0 Å². The van der Waals surface area contributed by atoms with E-state index in [1.54, 1.807) is 12.1 Å². The van der Waals surface area contributed by atoms with Crippen LogP contribution in [0.25, 0.3) is 0 Å². The van der Waals surface area contributed by atoms with Gasteiger partial charge < -0.3 is 20.7 Å². The zero-order valence-corrected chi connectivity index (χ0v) is 20.5. The first-order valence-electron chi connectivity index (χ1n) is 6.51. The van der Waals surface area contributed by atoms with Gasteiger partial charge in [0.1, 0.15) is 17.5 Å². The van der Waals surface area contributed by atoms with Gasteiger partial charge in [0, 0.05) is 0 Å². The molecule has 2 rings (SSSR count). The Kier molecular flexibility index (Phi) is 7.64. The number of halogens is 4. The SMILES string of the molecule is N[C@@H](Cc1cc(I)c(Oc2cc(I)c(O)c(I)c2)c([131I])c1)C(=O)O. The Bertz CT molecular complexity index is 751. The number of hydrogen-bond donors (Lipinski definition) is 3. The first-order chi connectivity index (χ1) is 11.2. The van der Waals surface area contributed by atoms with E-state index >= 15 is 0 Å². The summed E-state index contributed by atoms with van der Waals surface area (Å²) in [7, 11) is 0. The molecule has 9 heteroatoms. The number of hydrogen-bond acceptors (Lipinski definition) is 4. The molecule has 0 unspecified atom stereocenters. The third kappa shape index (κ3) is 5.20. The molecule has 0 heterocycles. The number of ether oxygens (including phenoxy) is 1. The largest absolute Gasteiger partial charge is 0.506 e. The molecule has 0 spiro atoms. The molecule has 0 aliphatic carbocycles. The first-order valence-corrected chi connectivity index (χ1v) is 10.8. The highest BCUT2D eigenvalue weighted by molar-refractivity contribution is 14.1. The second-order valence-electron chi connectivity index (χ2n) is 4.88. The minimum atomic E-state index is -1.02. The molecule has 0 saturated carbocycles. The molecule has 0 fully saturated rings. The van der Waals surface area contributed by atoms with Gasteiger partial charge in [0.05, 0.1) is 14.3 Å². The van der Waals surface area contributed by atoms with E-state index in [9.17, 15) is 9.90 Å². The average Bonchev–Trinajstić information content (AvgIpc) is 2.48. The summed E-state index contributed by atoms with van der Waals surface area (Å²) in [6, 6.07) is 6.34. The van der Waals surface area contributed by atoms with Gasteiger partial charge in [0.2, 0.25) is 0 Å². The van der Waals surface area contributed by atoms with Crippen molar-refractivity contribution in [3.8, 4) is 17.2 Å². The van der Waals surface area contributed by atoms with Crippen molar-refractivity contribution in [1.82, 2.24) is 0 Å². The number of carboxylic acid groups (broad SMARTS) is 1. The fourth-order valence-corrected chi connectivity index (χ4v) is 5.72. The number of aliphatic carboxylic acids is 1. The molecule has 2 aromatic rings. The molecule has 4 N–H and O–H groups in total. The summed E-state index contributed by atoms with van der Waals surface area (Å²) < 4.78 is 9.14. The highest BCUT2D eigenvalue weighted by atomic mass is 131. The lowest BCUT2D eigenvalue weighted by atomic mass is 10.1. The van der Waals surface area contributed by atoms with Gasteiger partial charge in [-0.3, -0.25) is 4.79 Å². The van der Waals surface area contributed by atoms with E-state index in [2.05, 4.69) is 90.4 Å². The lowest BCUT2D eigenvalue weighted by Gasteiger charge is -2.14. The summed E-state index contributed by atoms with van der Waals surface area (Å²) in [6.45, 7) is 0. The third-order valence-corrected chi connectivity index (χ3v) is 6.29. The number of carbonyl (C=O) groups is 1. The second-order valence-corrected chi connectivity index (χ2v) is 9.52. The summed E-state index contributed by atoms with van der Waals surface area (Å²) in [5, 5.41) is 18.8. The van der Waals surface area contributed by atoms with Crippen LogP contribution in [0.1, 0.15) is 5.56 Å². The molecular formula is C15H11I4NO4. The van der Waals surface area contributed by atoms with Crippen molar-refractivity contribution in [1.29, 1.82) is 0 Å². The van der Waals surface area contributed by atoms with Crippen molar-refractivity contribution in [3.63, 3.8) is 0 Å². The Morgan fingerprint density at radius 2 is 1.75 bits per heavy atom. The normalized spacial score (nSPS) is 12.0. The Labute approximate surface area is 193 Å². The number of carboxylic acids is 1. The monoisotopic (exact) mass is 781 g/mol. The molecular weight excluding hydrogens is 770 g/mol. The Morgan fingerprint density at radius 1 is 1.17 bits per heavy atom. The topological polar surface area (TPSA) is 92.8 Å². The summed E-state index contributed by atoms with van der Waals surface area (Å²) in [6.07, 6.45) is 0.261. The van der Waals surface area contributed by atoms with Gasteiger partial charge in [0.25, 0.3) is 0 Å². The molecule has 24 heavy (non-hydrogen) atoms. The maximum Gasteiger partial charge on any atom is 0.320 e. The van der Waals surface area contributed by atoms with Crippen LogP contribution in [-0.4, -0.2) is 22.2 Å². The predicted octanol–water partition coefficient (Wildman–Crippen LogP) is 4.56. The van der Waals surface area contributed by atoms with Crippen molar-refractivity contribution in [2.45, 2.75) is 12.5 Å². The van der Waals surface area contributed by atoms with E-state index in [0.29, 0.717) is 18.6 Å². The fraction of sp³-hybridized carbons (Fsp3) is 0.133. The van der Waals surface area contributed by atoms with E-state index in [1.165, 1.54) is 0 Å². The Balaban J connectivity index is 2.30. The number of phenols is 1. The van der Waals surface area contributed by atoms with Crippen LogP contribution in [0.5, 0.6) is 17.2 Å². The van der Waals surface area contributed by atoms with E-state index in [1.807, 2.05) is 12.1 Å². The summed E-state index contributed by atoms with van der Waals surface area (Å²) in [5.41, 5.74) is 6.44. The standard InChI is InChI=1S/C15H11I4NO4/c16-8-4-7(5-9(17)13(8)21)24-14-10(18)1-6(2-11(14)19)3-12(20)15(22)23/h1-2,4-5,12,21H,3,20H2,(H,22,23)/t12-/m0/s1/i18+4. The third-order valence-electron chi connectivity index (χ3n) is 3.04. The maximum atomic E-state index is 10.9. The molecule has 1 atom stereocenters. The van der Waals surface area contributed by atoms with E-state index in [0.717, 1.165) is 12.7 Å². The molecule has 0 aromatic heterocycles. The number of nitrogens with two attached hydrogens (primary N) is 1. The van der Waals surface area contributed by atoms with Gasteiger partial charge in [-0.05, 0) is 127 Å². The van der Waals surface area contributed by atoms with E-state index in [4.69, 9.17) is 15.6 Å². The van der Waals surface area contributed by atoms with Crippen molar-refractivity contribution in [2.75, 3.05) is 0 Å². The average molecular weight is 781 g/mol.